The van der Waals surface area contributed by atoms with Gasteiger partial charge < -0.3 is 5.73 Å². The summed E-state index contributed by atoms with van der Waals surface area (Å²) in [6, 6.07) is 2.02. The first-order valence-corrected chi connectivity index (χ1v) is 5.38. The summed E-state index contributed by atoms with van der Waals surface area (Å²) < 4.78 is 1.10. The van der Waals surface area contributed by atoms with E-state index in [0.29, 0.717) is 0 Å². The minimum absolute atomic E-state index is 0.283. The molecule has 0 aliphatic carbocycles. The zero-order chi connectivity index (χ0) is 9.19. The highest BCUT2D eigenvalue weighted by atomic mass is 79.9. The molecular weight excluding hydrogens is 234 g/mol. The van der Waals surface area contributed by atoms with E-state index in [1.54, 1.807) is 11.3 Å². The zero-order valence-corrected chi connectivity index (χ0v) is 9.41. The average molecular weight is 246 g/mol. The first-order valence-electron chi connectivity index (χ1n) is 3.71. The van der Waals surface area contributed by atoms with Crippen LogP contribution in [0.25, 0.3) is 0 Å². The summed E-state index contributed by atoms with van der Waals surface area (Å²) in [4.78, 5) is 1.18. The average Bonchev–Trinajstić information content (AvgIpc) is 2.35. The molecule has 1 aromatic heterocycles. The van der Waals surface area contributed by atoms with Crippen molar-refractivity contribution in [3.8, 4) is 0 Å². The molecular formula is C9H12BrNS. The van der Waals surface area contributed by atoms with Crippen LogP contribution in [0, 0.1) is 0 Å². The summed E-state index contributed by atoms with van der Waals surface area (Å²) in [5.74, 6) is 0. The number of hydrogen-bond donors (Lipinski definition) is 1. The lowest BCUT2D eigenvalue weighted by atomic mass is 9.97. The molecule has 0 aromatic carbocycles. The van der Waals surface area contributed by atoms with Gasteiger partial charge in [-0.2, -0.15) is 0 Å². The first kappa shape index (κ1) is 9.96. The maximum atomic E-state index is 6.10. The lowest BCUT2D eigenvalue weighted by Crippen LogP contribution is -2.31. The van der Waals surface area contributed by atoms with Crippen molar-refractivity contribution in [1.82, 2.24) is 0 Å². The standard InChI is InChI=1S/C9H12BrNS/c1-3-5-9(2,11)8-7(10)4-6-12-8/h3-4,6H,1,5,11H2,2H3/t9-/m1/s1. The minimum atomic E-state index is -0.283. The van der Waals surface area contributed by atoms with Crippen LogP contribution < -0.4 is 5.73 Å². The maximum Gasteiger partial charge on any atom is 0.0521 e. The highest BCUT2D eigenvalue weighted by molar-refractivity contribution is 9.10. The Bertz CT molecular complexity index is 278. The molecule has 0 aliphatic heterocycles. The van der Waals surface area contributed by atoms with Crippen LogP contribution in [0.1, 0.15) is 18.2 Å². The molecule has 66 valence electrons. The van der Waals surface area contributed by atoms with Crippen LogP contribution in [-0.2, 0) is 5.54 Å². The van der Waals surface area contributed by atoms with Crippen molar-refractivity contribution < 1.29 is 0 Å². The lowest BCUT2D eigenvalue weighted by molar-refractivity contribution is 0.511. The summed E-state index contributed by atoms with van der Waals surface area (Å²) in [5, 5.41) is 2.04. The van der Waals surface area contributed by atoms with E-state index in [1.807, 2.05) is 24.4 Å². The van der Waals surface area contributed by atoms with Gasteiger partial charge in [-0.1, -0.05) is 6.08 Å². The topological polar surface area (TPSA) is 26.0 Å². The summed E-state index contributed by atoms with van der Waals surface area (Å²) in [7, 11) is 0. The fraction of sp³-hybridized carbons (Fsp3) is 0.333. The second kappa shape index (κ2) is 3.73. The monoisotopic (exact) mass is 245 g/mol. The molecule has 0 fully saturated rings. The van der Waals surface area contributed by atoms with E-state index < -0.39 is 0 Å². The fourth-order valence-corrected chi connectivity index (χ4v) is 3.01. The molecule has 1 nitrogen and oxygen atoms in total. The molecule has 0 bridgehead atoms. The Hall–Kier alpha value is -0.120. The molecule has 0 saturated heterocycles. The van der Waals surface area contributed by atoms with Crippen molar-refractivity contribution in [3.05, 3.63) is 33.5 Å². The van der Waals surface area contributed by atoms with Gasteiger partial charge in [-0.25, -0.2) is 0 Å². The first-order chi connectivity index (χ1) is 5.58. The van der Waals surface area contributed by atoms with Crippen LogP contribution in [0.5, 0.6) is 0 Å². The van der Waals surface area contributed by atoms with Gasteiger partial charge in [-0.15, -0.1) is 17.9 Å². The molecule has 3 heteroatoms. The normalized spacial score (nSPS) is 15.6. The third-order valence-corrected chi connectivity index (χ3v) is 3.82. The van der Waals surface area contributed by atoms with E-state index in [4.69, 9.17) is 5.73 Å². The van der Waals surface area contributed by atoms with E-state index in [1.165, 1.54) is 4.88 Å². The number of halogens is 1. The van der Waals surface area contributed by atoms with Crippen LogP contribution in [0.15, 0.2) is 28.6 Å². The molecule has 1 rings (SSSR count). The molecule has 12 heavy (non-hydrogen) atoms. The Morgan fingerprint density at radius 1 is 1.83 bits per heavy atom. The van der Waals surface area contributed by atoms with E-state index in [2.05, 4.69) is 22.5 Å². The predicted octanol–water partition coefficient (Wildman–Crippen LogP) is 3.26. The summed E-state index contributed by atoms with van der Waals surface area (Å²) in [6.07, 6.45) is 2.65. The van der Waals surface area contributed by atoms with E-state index in [0.717, 1.165) is 10.9 Å². The van der Waals surface area contributed by atoms with E-state index in [-0.39, 0.29) is 5.54 Å². The van der Waals surface area contributed by atoms with Crippen LogP contribution in [0.4, 0.5) is 0 Å². The van der Waals surface area contributed by atoms with Gasteiger partial charge in [0.2, 0.25) is 0 Å². The van der Waals surface area contributed by atoms with Gasteiger partial charge in [0.25, 0.3) is 0 Å². The van der Waals surface area contributed by atoms with Gasteiger partial charge in [-0.3, -0.25) is 0 Å². The van der Waals surface area contributed by atoms with Crippen molar-refractivity contribution in [2.75, 3.05) is 0 Å². The summed E-state index contributed by atoms with van der Waals surface area (Å²) in [5.41, 5.74) is 5.82. The number of hydrogen-bond acceptors (Lipinski definition) is 2. The van der Waals surface area contributed by atoms with Crippen LogP contribution in [-0.4, -0.2) is 0 Å². The van der Waals surface area contributed by atoms with Gasteiger partial charge >= 0.3 is 0 Å². The van der Waals surface area contributed by atoms with Crippen LogP contribution in [0.3, 0.4) is 0 Å². The summed E-state index contributed by atoms with van der Waals surface area (Å²) in [6.45, 7) is 5.71. The van der Waals surface area contributed by atoms with Crippen molar-refractivity contribution in [2.45, 2.75) is 18.9 Å². The number of thiophene rings is 1. The largest absolute Gasteiger partial charge is 0.321 e. The third kappa shape index (κ3) is 1.97. The Morgan fingerprint density at radius 2 is 2.50 bits per heavy atom. The Labute approximate surface area is 85.4 Å². The van der Waals surface area contributed by atoms with E-state index >= 15 is 0 Å². The van der Waals surface area contributed by atoms with Gasteiger partial charge in [0.05, 0.1) is 5.54 Å². The Kier molecular flexibility index (Phi) is 3.09. The molecule has 1 atom stereocenters. The Morgan fingerprint density at radius 3 is 2.92 bits per heavy atom. The molecule has 0 amide bonds. The molecule has 0 radical (unpaired) electrons. The molecule has 0 saturated carbocycles. The SMILES string of the molecule is C=CC[C@@](C)(N)c1sccc1Br. The molecule has 0 spiro atoms. The predicted molar refractivity (Wildman–Crippen MR) is 58.4 cm³/mol. The van der Waals surface area contributed by atoms with Crippen molar-refractivity contribution in [2.24, 2.45) is 5.73 Å². The molecule has 1 aromatic rings. The third-order valence-electron chi connectivity index (χ3n) is 1.70. The van der Waals surface area contributed by atoms with Crippen molar-refractivity contribution >= 4 is 27.3 Å². The molecule has 1 heterocycles. The van der Waals surface area contributed by atoms with Crippen LogP contribution >= 0.6 is 27.3 Å². The van der Waals surface area contributed by atoms with E-state index in [9.17, 15) is 0 Å². The molecule has 0 unspecified atom stereocenters. The van der Waals surface area contributed by atoms with Gasteiger partial charge in [0, 0.05) is 9.35 Å². The van der Waals surface area contributed by atoms with Crippen LogP contribution in [0.2, 0.25) is 0 Å². The lowest BCUT2D eigenvalue weighted by Gasteiger charge is -2.21. The van der Waals surface area contributed by atoms with Gasteiger partial charge in [0.1, 0.15) is 0 Å². The number of rotatable bonds is 3. The van der Waals surface area contributed by atoms with Crippen molar-refractivity contribution in [1.29, 1.82) is 0 Å². The fourth-order valence-electron chi connectivity index (χ4n) is 1.09. The molecule has 0 aliphatic rings. The summed E-state index contributed by atoms with van der Waals surface area (Å²) >= 11 is 5.14. The van der Waals surface area contributed by atoms with Gasteiger partial charge in [0.15, 0.2) is 0 Å². The van der Waals surface area contributed by atoms with Gasteiger partial charge in [-0.05, 0) is 40.7 Å². The maximum absolute atomic E-state index is 6.10. The highest BCUT2D eigenvalue weighted by Crippen LogP contribution is 2.33. The molecule has 2 N–H and O–H groups in total. The quantitative estimate of drug-likeness (QED) is 0.814. The highest BCUT2D eigenvalue weighted by Gasteiger charge is 2.23. The Balaban J connectivity index is 2.96. The smallest absolute Gasteiger partial charge is 0.0521 e. The second-order valence-electron chi connectivity index (χ2n) is 3.01. The zero-order valence-electron chi connectivity index (χ0n) is 7.01. The number of nitrogens with two attached hydrogens (primary N) is 1. The van der Waals surface area contributed by atoms with Crippen molar-refractivity contribution in [3.63, 3.8) is 0 Å². The minimum Gasteiger partial charge on any atom is -0.321 e. The second-order valence-corrected chi connectivity index (χ2v) is 4.78.